The van der Waals surface area contributed by atoms with Crippen molar-refractivity contribution in [2.24, 2.45) is 0 Å². The number of benzene rings is 3. The summed E-state index contributed by atoms with van der Waals surface area (Å²) in [6, 6.07) is 16.2. The van der Waals surface area contributed by atoms with Gasteiger partial charge in [-0.2, -0.15) is 0 Å². The Morgan fingerprint density at radius 2 is 1.74 bits per heavy atom. The Hall–Kier alpha value is -4.02. The number of nitrogens with zero attached hydrogens (tertiary/aromatic N) is 1. The van der Waals surface area contributed by atoms with Crippen molar-refractivity contribution in [3.8, 4) is 11.5 Å². The van der Waals surface area contributed by atoms with E-state index in [9.17, 15) is 33.0 Å². The van der Waals surface area contributed by atoms with Crippen LogP contribution in [0.3, 0.4) is 0 Å². The molecule has 4 rings (SSSR count). The number of carbonyl (C=O) groups excluding carboxylic acids is 1. The van der Waals surface area contributed by atoms with Crippen LogP contribution in [0.1, 0.15) is 40.5 Å². The number of ketones is 1. The van der Waals surface area contributed by atoms with Gasteiger partial charge in [0, 0.05) is 28.6 Å². The van der Waals surface area contributed by atoms with Crippen molar-refractivity contribution < 1.29 is 42.4 Å². The van der Waals surface area contributed by atoms with Gasteiger partial charge < -0.3 is 24.3 Å². The number of aromatic nitrogens is 1. The van der Waals surface area contributed by atoms with E-state index in [1.807, 2.05) is 0 Å². The molecule has 11 heteroatoms. The van der Waals surface area contributed by atoms with Crippen molar-refractivity contribution in [3.63, 3.8) is 0 Å². The van der Waals surface area contributed by atoms with Gasteiger partial charge in [0.15, 0.2) is 11.9 Å². The summed E-state index contributed by atoms with van der Waals surface area (Å²) in [7, 11) is 0. The number of hydrogen-bond acceptors (Lipinski definition) is 5. The Kier molecular flexibility index (Phi) is 8.17. The minimum atomic E-state index is -4.93. The summed E-state index contributed by atoms with van der Waals surface area (Å²) >= 11 is 5.95. The molecule has 1 unspecified atom stereocenters. The van der Waals surface area contributed by atoms with Gasteiger partial charge in [0.05, 0.1) is 23.4 Å². The number of aliphatic hydroxyl groups excluding tert-OH is 1. The molecule has 0 spiro atoms. The Morgan fingerprint density at radius 1 is 1.03 bits per heavy atom. The zero-order valence-electron chi connectivity index (χ0n) is 20.5. The quantitative estimate of drug-likeness (QED) is 0.224. The molecule has 39 heavy (non-hydrogen) atoms. The average Bonchev–Trinajstić information content (AvgIpc) is 3.18. The molecular weight excluding hydrogens is 539 g/mol. The van der Waals surface area contributed by atoms with E-state index in [0.29, 0.717) is 16.0 Å². The second-order valence-electron chi connectivity index (χ2n) is 8.63. The fourth-order valence-electron chi connectivity index (χ4n) is 4.30. The van der Waals surface area contributed by atoms with Gasteiger partial charge >= 0.3 is 12.3 Å². The number of aliphatic carboxylic acids is 1. The molecule has 1 heterocycles. The van der Waals surface area contributed by atoms with Gasteiger partial charge in [-0.3, -0.25) is 4.79 Å². The van der Waals surface area contributed by atoms with Crippen LogP contribution >= 0.6 is 11.6 Å². The summed E-state index contributed by atoms with van der Waals surface area (Å²) in [5.74, 6) is -1.78. The van der Waals surface area contributed by atoms with Crippen molar-refractivity contribution in [2.45, 2.75) is 39.0 Å². The molecule has 3 aromatic carbocycles. The molecule has 0 saturated heterocycles. The molecule has 0 radical (unpaired) electrons. The molecule has 0 bridgehead atoms. The molecule has 0 fully saturated rings. The first-order chi connectivity index (χ1) is 18.5. The molecule has 1 atom stereocenters. The van der Waals surface area contributed by atoms with Crippen LogP contribution in [-0.4, -0.2) is 39.0 Å². The molecule has 2 N–H and O–H groups in total. The van der Waals surface area contributed by atoms with Crippen LogP contribution in [0.15, 0.2) is 66.7 Å². The van der Waals surface area contributed by atoms with Crippen molar-refractivity contribution in [2.75, 3.05) is 0 Å². The summed E-state index contributed by atoms with van der Waals surface area (Å²) in [6.45, 7) is 1.10. The second-order valence-corrected chi connectivity index (χ2v) is 9.07. The predicted octanol–water partition coefficient (Wildman–Crippen LogP) is 6.21. The van der Waals surface area contributed by atoms with E-state index in [1.165, 1.54) is 34.9 Å². The monoisotopic (exact) mass is 561 g/mol. The first kappa shape index (κ1) is 28.0. The van der Waals surface area contributed by atoms with Gasteiger partial charge in [-0.15, -0.1) is 13.2 Å². The van der Waals surface area contributed by atoms with E-state index in [4.69, 9.17) is 16.3 Å². The number of ether oxygens (including phenoxy) is 2. The maximum absolute atomic E-state index is 13.5. The largest absolute Gasteiger partial charge is 0.573 e. The SMILES string of the molecule is CCC(Oc1cccc(Cn2c(CO)c(C(=O)c3ccc(Cl)cc3)c3ccc(OC(F)(F)F)cc32)c1)C(=O)O. The molecule has 4 aromatic rings. The van der Waals surface area contributed by atoms with Gasteiger partial charge in [0.25, 0.3) is 0 Å². The van der Waals surface area contributed by atoms with Crippen molar-refractivity contribution in [1.82, 2.24) is 4.57 Å². The van der Waals surface area contributed by atoms with Gasteiger partial charge in [0.1, 0.15) is 11.5 Å². The lowest BCUT2D eigenvalue weighted by Crippen LogP contribution is -2.25. The molecule has 1 aromatic heterocycles. The number of halogens is 4. The number of carbonyl (C=O) groups is 2. The molecule has 0 aliphatic heterocycles. The Morgan fingerprint density at radius 3 is 2.36 bits per heavy atom. The fraction of sp³-hybridized carbons (Fsp3) is 0.214. The maximum atomic E-state index is 13.5. The van der Waals surface area contributed by atoms with Crippen LogP contribution in [0.25, 0.3) is 10.9 Å². The standard InChI is InChI=1S/C28H23ClF3NO6/c1-2-24(27(36)37)38-19-5-3-4-16(12-19)14-33-22-13-20(39-28(30,31)32)10-11-21(22)25(23(33)15-34)26(35)17-6-8-18(29)9-7-17/h3-13,24,34H,2,14-15H2,1H3,(H,36,37). The Bertz CT molecular complexity index is 1510. The number of rotatable bonds is 10. The van der Waals surface area contributed by atoms with Gasteiger partial charge in [-0.1, -0.05) is 30.7 Å². The Balaban J connectivity index is 1.84. The molecule has 0 amide bonds. The molecular formula is C28H23ClF3NO6. The first-order valence-electron chi connectivity index (χ1n) is 11.8. The highest BCUT2D eigenvalue weighted by molar-refractivity contribution is 6.30. The van der Waals surface area contributed by atoms with Crippen LogP contribution < -0.4 is 9.47 Å². The highest BCUT2D eigenvalue weighted by atomic mass is 35.5. The van der Waals surface area contributed by atoms with E-state index in [-0.39, 0.29) is 41.1 Å². The molecule has 0 saturated carbocycles. The zero-order valence-corrected chi connectivity index (χ0v) is 21.3. The van der Waals surface area contributed by atoms with Crippen molar-refractivity contribution in [3.05, 3.63) is 94.1 Å². The number of fused-ring (bicyclic) bond motifs is 1. The first-order valence-corrected chi connectivity index (χ1v) is 12.2. The lowest BCUT2D eigenvalue weighted by atomic mass is 10.00. The van der Waals surface area contributed by atoms with E-state index in [0.717, 1.165) is 12.1 Å². The predicted molar refractivity (Wildman–Crippen MR) is 137 cm³/mol. The van der Waals surface area contributed by atoms with E-state index < -0.39 is 36.6 Å². The van der Waals surface area contributed by atoms with Crippen LogP contribution in [0.4, 0.5) is 13.2 Å². The molecule has 7 nitrogen and oxygen atoms in total. The average molecular weight is 562 g/mol. The van der Waals surface area contributed by atoms with Crippen molar-refractivity contribution >= 4 is 34.3 Å². The normalized spacial score (nSPS) is 12.4. The minimum absolute atomic E-state index is 0.0246. The molecule has 0 aliphatic rings. The molecule has 0 aliphatic carbocycles. The summed E-state index contributed by atoms with van der Waals surface area (Å²) in [6.07, 6.45) is -5.76. The highest BCUT2D eigenvalue weighted by Crippen LogP contribution is 2.34. The lowest BCUT2D eigenvalue weighted by molar-refractivity contribution is -0.274. The van der Waals surface area contributed by atoms with Crippen LogP contribution in [-0.2, 0) is 17.9 Å². The third-order valence-corrected chi connectivity index (χ3v) is 6.28. The van der Waals surface area contributed by atoms with E-state index in [1.54, 1.807) is 31.2 Å². The highest BCUT2D eigenvalue weighted by Gasteiger charge is 2.32. The van der Waals surface area contributed by atoms with Crippen LogP contribution in [0, 0.1) is 0 Å². The zero-order chi connectivity index (χ0) is 28.3. The summed E-state index contributed by atoms with van der Waals surface area (Å²) < 4.78 is 50.1. The number of alkyl halides is 3. The van der Waals surface area contributed by atoms with Crippen LogP contribution in [0.5, 0.6) is 11.5 Å². The lowest BCUT2D eigenvalue weighted by Gasteiger charge is -2.15. The summed E-state index contributed by atoms with van der Waals surface area (Å²) in [5, 5.41) is 20.4. The van der Waals surface area contributed by atoms with E-state index in [2.05, 4.69) is 4.74 Å². The van der Waals surface area contributed by atoms with Gasteiger partial charge in [-0.25, -0.2) is 4.79 Å². The fourth-order valence-corrected chi connectivity index (χ4v) is 4.42. The number of hydrogen-bond donors (Lipinski definition) is 2. The third-order valence-electron chi connectivity index (χ3n) is 6.02. The smallest absolute Gasteiger partial charge is 0.479 e. The number of carboxylic acids is 1. The minimum Gasteiger partial charge on any atom is -0.479 e. The van der Waals surface area contributed by atoms with Gasteiger partial charge in [-0.05, 0) is 60.5 Å². The number of carboxylic acid groups (broad SMARTS) is 1. The maximum Gasteiger partial charge on any atom is 0.573 e. The topological polar surface area (TPSA) is 98.0 Å². The Labute approximate surface area is 226 Å². The van der Waals surface area contributed by atoms with Crippen LogP contribution in [0.2, 0.25) is 5.02 Å². The van der Waals surface area contributed by atoms with Crippen molar-refractivity contribution in [1.29, 1.82) is 0 Å². The third kappa shape index (κ3) is 6.35. The summed E-state index contributed by atoms with van der Waals surface area (Å²) in [4.78, 5) is 24.9. The molecule has 204 valence electrons. The number of aliphatic hydroxyl groups is 1. The summed E-state index contributed by atoms with van der Waals surface area (Å²) in [5.41, 5.74) is 1.39. The van der Waals surface area contributed by atoms with E-state index >= 15 is 0 Å². The second kappa shape index (κ2) is 11.4. The van der Waals surface area contributed by atoms with Gasteiger partial charge in [0.2, 0.25) is 0 Å².